The van der Waals surface area contributed by atoms with Crippen molar-refractivity contribution in [1.29, 1.82) is 0 Å². The van der Waals surface area contributed by atoms with Gasteiger partial charge in [0.25, 0.3) is 0 Å². The number of hydrogen-bond acceptors (Lipinski definition) is 7. The van der Waals surface area contributed by atoms with Crippen molar-refractivity contribution < 1.29 is 4.74 Å². The summed E-state index contributed by atoms with van der Waals surface area (Å²) in [7, 11) is 2.17. The van der Waals surface area contributed by atoms with E-state index in [1.807, 2.05) is 68.9 Å². The van der Waals surface area contributed by atoms with Crippen LogP contribution in [0.25, 0.3) is 16.9 Å². The molecule has 0 amide bonds. The minimum absolute atomic E-state index is 0.439. The summed E-state index contributed by atoms with van der Waals surface area (Å²) in [6.07, 6.45) is 7.85. The topological polar surface area (TPSA) is 85.9 Å². The van der Waals surface area contributed by atoms with Gasteiger partial charge in [-0.25, -0.2) is 9.97 Å². The molecule has 1 aliphatic rings. The zero-order chi connectivity index (χ0) is 24.1. The molecule has 0 spiro atoms. The zero-order valence-electron chi connectivity index (χ0n) is 20.7. The van der Waals surface area contributed by atoms with Crippen LogP contribution in [-0.4, -0.2) is 60.9 Å². The second-order valence-corrected chi connectivity index (χ2v) is 8.19. The van der Waals surface area contributed by atoms with Crippen LogP contribution in [0.2, 0.25) is 0 Å². The lowest BCUT2D eigenvalue weighted by molar-refractivity contribution is 0.212. The summed E-state index contributed by atoms with van der Waals surface area (Å²) in [4.78, 5) is 16.2. The largest absolute Gasteiger partial charge is 0.494 e. The van der Waals surface area contributed by atoms with Crippen LogP contribution in [0.1, 0.15) is 45.5 Å². The maximum Gasteiger partial charge on any atom is 0.229 e. The molecular weight excluding hydrogens is 428 g/mol. The monoisotopic (exact) mass is 462 g/mol. The maximum atomic E-state index is 5.56. The summed E-state index contributed by atoms with van der Waals surface area (Å²) in [5.74, 6) is 2.22. The Bertz CT molecular complexity index is 1210. The third-order valence-corrected chi connectivity index (χ3v) is 5.89. The number of likely N-dealkylation sites (tertiary alicyclic amines) is 1. The molecule has 0 unspecified atom stereocenters. The first-order chi connectivity index (χ1) is 16.6. The van der Waals surface area contributed by atoms with E-state index in [1.54, 1.807) is 6.20 Å². The average molecular weight is 463 g/mol. The minimum atomic E-state index is 0.439. The van der Waals surface area contributed by atoms with Crippen LogP contribution in [0.4, 0.5) is 11.6 Å². The van der Waals surface area contributed by atoms with E-state index >= 15 is 0 Å². The molecule has 1 saturated heterocycles. The van der Waals surface area contributed by atoms with Gasteiger partial charge in [-0.2, -0.15) is 10.1 Å². The van der Waals surface area contributed by atoms with Crippen LogP contribution in [0.3, 0.4) is 0 Å². The Morgan fingerprint density at radius 1 is 1.06 bits per heavy atom. The molecule has 1 fully saturated rings. The van der Waals surface area contributed by atoms with E-state index in [0.717, 1.165) is 60.0 Å². The van der Waals surface area contributed by atoms with Crippen LogP contribution in [0, 0.1) is 6.92 Å². The van der Waals surface area contributed by atoms with E-state index < -0.39 is 0 Å². The van der Waals surface area contributed by atoms with E-state index in [4.69, 9.17) is 9.72 Å². The molecular formula is C25H34N8O. The number of rotatable bonds is 6. The van der Waals surface area contributed by atoms with Crippen LogP contribution < -0.4 is 10.1 Å². The minimum Gasteiger partial charge on any atom is -0.494 e. The summed E-state index contributed by atoms with van der Waals surface area (Å²) in [6, 6.07) is 8.39. The lowest BCUT2D eigenvalue weighted by Gasteiger charge is -2.28. The molecule has 4 aromatic rings. The van der Waals surface area contributed by atoms with Crippen LogP contribution in [-0.2, 0) is 0 Å². The molecule has 34 heavy (non-hydrogen) atoms. The Labute approximate surface area is 200 Å². The van der Waals surface area contributed by atoms with E-state index in [0.29, 0.717) is 18.6 Å². The van der Waals surface area contributed by atoms with Gasteiger partial charge in [-0.1, -0.05) is 13.8 Å². The molecule has 4 heterocycles. The van der Waals surface area contributed by atoms with E-state index in [9.17, 15) is 0 Å². The molecule has 1 N–H and O–H groups in total. The Balaban J connectivity index is 0.00000133. The quantitative estimate of drug-likeness (QED) is 0.442. The number of nitrogens with one attached hydrogen (secondary N) is 1. The first-order valence-electron chi connectivity index (χ1n) is 12.1. The third kappa shape index (κ3) is 5.04. The average Bonchev–Trinajstić information content (AvgIpc) is 3.45. The second kappa shape index (κ2) is 10.6. The number of fused-ring (bicyclic) bond motifs is 1. The fourth-order valence-corrected chi connectivity index (χ4v) is 4.21. The second-order valence-electron chi connectivity index (χ2n) is 8.19. The van der Waals surface area contributed by atoms with Gasteiger partial charge < -0.3 is 15.0 Å². The summed E-state index contributed by atoms with van der Waals surface area (Å²) in [6.45, 7) is 10.8. The smallest absolute Gasteiger partial charge is 0.229 e. The Kier molecular flexibility index (Phi) is 7.42. The van der Waals surface area contributed by atoms with Crippen LogP contribution >= 0.6 is 0 Å². The number of piperidine rings is 1. The Morgan fingerprint density at radius 3 is 2.50 bits per heavy atom. The van der Waals surface area contributed by atoms with Gasteiger partial charge in [0.2, 0.25) is 5.95 Å². The zero-order valence-corrected chi connectivity index (χ0v) is 20.7. The molecule has 0 atom stereocenters. The third-order valence-electron chi connectivity index (χ3n) is 5.89. The van der Waals surface area contributed by atoms with Crippen molar-refractivity contribution in [3.63, 3.8) is 0 Å². The molecule has 5 rings (SSSR count). The van der Waals surface area contributed by atoms with Crippen LogP contribution in [0.5, 0.6) is 5.75 Å². The van der Waals surface area contributed by atoms with Gasteiger partial charge in [0.15, 0.2) is 5.65 Å². The van der Waals surface area contributed by atoms with Crippen molar-refractivity contribution in [2.24, 2.45) is 0 Å². The normalized spacial score (nSPS) is 14.6. The number of aromatic nitrogens is 6. The van der Waals surface area contributed by atoms with E-state index in [-0.39, 0.29) is 0 Å². The van der Waals surface area contributed by atoms with Crippen LogP contribution in [0.15, 0.2) is 42.9 Å². The molecule has 9 heteroatoms. The number of imidazole rings is 1. The lowest BCUT2D eigenvalue weighted by Crippen LogP contribution is -2.31. The molecule has 180 valence electrons. The fourth-order valence-electron chi connectivity index (χ4n) is 4.21. The van der Waals surface area contributed by atoms with Crippen molar-refractivity contribution in [3.05, 3.63) is 48.7 Å². The summed E-state index contributed by atoms with van der Waals surface area (Å²) in [5, 5.41) is 7.87. The molecule has 0 bridgehead atoms. The van der Waals surface area contributed by atoms with Gasteiger partial charge in [-0.15, -0.1) is 0 Å². The Morgan fingerprint density at radius 2 is 1.79 bits per heavy atom. The number of aryl methyl sites for hydroxylation is 1. The molecule has 9 nitrogen and oxygen atoms in total. The highest BCUT2D eigenvalue weighted by Gasteiger charge is 2.19. The molecule has 1 aromatic carbocycles. The van der Waals surface area contributed by atoms with E-state index in [1.165, 1.54) is 0 Å². The van der Waals surface area contributed by atoms with Crippen molar-refractivity contribution in [2.45, 2.75) is 46.6 Å². The highest BCUT2D eigenvalue weighted by molar-refractivity contribution is 5.75. The molecule has 0 radical (unpaired) electrons. The highest BCUT2D eigenvalue weighted by Crippen LogP contribution is 2.25. The highest BCUT2D eigenvalue weighted by atomic mass is 16.5. The number of ether oxygens (including phenoxy) is 1. The standard InChI is InChI=1S/C23H28N8O.C2H6/c1-4-32-20-7-5-19(6-8-20)31-16(2)26-21-14-24-23(28-22(21)31)27-17-13-25-30(15-17)18-9-11-29(3)12-10-18;1-2/h5-8,13-15,18H,4,9-12H2,1-3H3,(H,24,27,28);1-2H3. The molecule has 0 aliphatic carbocycles. The fraction of sp³-hybridized carbons (Fsp3) is 0.440. The Hall–Kier alpha value is -3.46. The van der Waals surface area contributed by atoms with Gasteiger partial charge in [-0.3, -0.25) is 9.25 Å². The summed E-state index contributed by atoms with van der Waals surface area (Å²) < 4.78 is 9.65. The lowest BCUT2D eigenvalue weighted by atomic mass is 10.1. The number of hydrogen-bond donors (Lipinski definition) is 1. The summed E-state index contributed by atoms with van der Waals surface area (Å²) >= 11 is 0. The first-order valence-corrected chi connectivity index (χ1v) is 12.1. The van der Waals surface area contributed by atoms with Crippen molar-refractivity contribution >= 4 is 22.8 Å². The SMILES string of the molecule is CC.CCOc1ccc(-n2c(C)nc3cnc(Nc4cnn(C5CCN(C)CC5)c4)nc32)cc1. The van der Waals surface area contributed by atoms with E-state index in [2.05, 4.69) is 37.0 Å². The first kappa shape index (κ1) is 23.7. The molecule has 1 aliphatic heterocycles. The van der Waals surface area contributed by atoms with Crippen molar-refractivity contribution in [3.8, 4) is 11.4 Å². The summed E-state index contributed by atoms with van der Waals surface area (Å²) in [5.41, 5.74) is 3.37. The molecule has 0 saturated carbocycles. The molecule has 3 aromatic heterocycles. The predicted molar refractivity (Wildman–Crippen MR) is 135 cm³/mol. The maximum absolute atomic E-state index is 5.56. The van der Waals surface area contributed by atoms with Gasteiger partial charge in [0.05, 0.1) is 30.7 Å². The number of nitrogens with zero attached hydrogens (tertiary/aromatic N) is 7. The number of benzene rings is 1. The number of anilines is 2. The van der Waals surface area contributed by atoms with Gasteiger partial charge in [-0.05, 0) is 71.1 Å². The van der Waals surface area contributed by atoms with Gasteiger partial charge in [0, 0.05) is 11.9 Å². The van der Waals surface area contributed by atoms with Crippen molar-refractivity contribution in [1.82, 2.24) is 34.2 Å². The predicted octanol–water partition coefficient (Wildman–Crippen LogP) is 4.76. The van der Waals surface area contributed by atoms with Crippen molar-refractivity contribution in [2.75, 3.05) is 32.1 Å². The van der Waals surface area contributed by atoms with Gasteiger partial charge >= 0.3 is 0 Å². The van der Waals surface area contributed by atoms with Gasteiger partial charge in [0.1, 0.15) is 17.1 Å².